The Balaban J connectivity index is 1.51. The van der Waals surface area contributed by atoms with Crippen LogP contribution >= 0.6 is 0 Å². The van der Waals surface area contributed by atoms with E-state index < -0.39 is 0 Å². The molecule has 2 aromatic heterocycles. The second kappa shape index (κ2) is 8.00. The summed E-state index contributed by atoms with van der Waals surface area (Å²) < 4.78 is 5.45. The van der Waals surface area contributed by atoms with Crippen LogP contribution in [0.5, 0.6) is 0 Å². The fourth-order valence-electron chi connectivity index (χ4n) is 4.00. The molecule has 0 saturated carbocycles. The molecular weight excluding hydrogens is 352 g/mol. The molecule has 146 valence electrons. The number of carbonyl (C=O) groups is 1. The van der Waals surface area contributed by atoms with Gasteiger partial charge in [0.15, 0.2) is 12.1 Å². The quantitative estimate of drug-likeness (QED) is 0.724. The number of aromatic nitrogens is 3. The van der Waals surface area contributed by atoms with Crippen molar-refractivity contribution in [2.45, 2.75) is 44.9 Å². The van der Waals surface area contributed by atoms with Crippen molar-refractivity contribution in [3.05, 3.63) is 71.2 Å². The maximum atomic E-state index is 13.1. The molecule has 1 fully saturated rings. The van der Waals surface area contributed by atoms with Gasteiger partial charge in [0.1, 0.15) is 5.76 Å². The van der Waals surface area contributed by atoms with Crippen molar-refractivity contribution in [2.75, 3.05) is 13.1 Å². The molecule has 0 spiro atoms. The molecule has 0 radical (unpaired) electrons. The zero-order valence-electron chi connectivity index (χ0n) is 16.4. The second-order valence-electron chi connectivity index (χ2n) is 7.78. The standard InChI is InChI=1S/C22H26N4O2/c1-15(2)21-20(23-14-28-21)22(27)26-10-6-9-17(13-26)19-18(12-24-25-19)11-16-7-4-3-5-8-16/h3-5,7-8,12,14-15,17H,6,9-11,13H2,1-2H3,(H,24,25). The van der Waals surface area contributed by atoms with E-state index in [1.54, 1.807) is 0 Å². The summed E-state index contributed by atoms with van der Waals surface area (Å²) in [6.07, 6.45) is 6.14. The number of piperidine rings is 1. The van der Waals surface area contributed by atoms with Crippen LogP contribution in [0.3, 0.4) is 0 Å². The van der Waals surface area contributed by atoms with Gasteiger partial charge in [0.25, 0.3) is 5.91 Å². The number of aromatic amines is 1. The third-order valence-corrected chi connectivity index (χ3v) is 5.43. The molecule has 3 heterocycles. The lowest BCUT2D eigenvalue weighted by Crippen LogP contribution is -2.40. The predicted molar refractivity (Wildman–Crippen MR) is 106 cm³/mol. The minimum absolute atomic E-state index is 0.0359. The summed E-state index contributed by atoms with van der Waals surface area (Å²) in [6, 6.07) is 10.4. The fourth-order valence-corrected chi connectivity index (χ4v) is 4.00. The molecule has 6 nitrogen and oxygen atoms in total. The highest BCUT2D eigenvalue weighted by molar-refractivity contribution is 5.93. The van der Waals surface area contributed by atoms with E-state index in [0.717, 1.165) is 31.5 Å². The van der Waals surface area contributed by atoms with E-state index >= 15 is 0 Å². The number of oxazole rings is 1. The molecule has 1 aliphatic rings. The van der Waals surface area contributed by atoms with Gasteiger partial charge >= 0.3 is 0 Å². The molecule has 1 aromatic carbocycles. The Bertz CT molecular complexity index is 929. The zero-order chi connectivity index (χ0) is 19.5. The van der Waals surface area contributed by atoms with Crippen molar-refractivity contribution in [3.8, 4) is 0 Å². The van der Waals surface area contributed by atoms with Gasteiger partial charge in [-0.2, -0.15) is 5.10 Å². The molecule has 3 aromatic rings. The van der Waals surface area contributed by atoms with Gasteiger partial charge in [-0.3, -0.25) is 9.89 Å². The molecule has 6 heteroatoms. The van der Waals surface area contributed by atoms with Crippen LogP contribution in [0.1, 0.15) is 71.6 Å². The lowest BCUT2D eigenvalue weighted by Gasteiger charge is -2.32. The van der Waals surface area contributed by atoms with E-state index in [1.807, 2.05) is 31.0 Å². The van der Waals surface area contributed by atoms with Crippen LogP contribution in [0.15, 0.2) is 47.3 Å². The highest BCUT2D eigenvalue weighted by Gasteiger charge is 2.30. The van der Waals surface area contributed by atoms with E-state index in [-0.39, 0.29) is 17.7 Å². The van der Waals surface area contributed by atoms with E-state index in [4.69, 9.17) is 4.42 Å². The smallest absolute Gasteiger partial charge is 0.276 e. The number of nitrogens with zero attached hydrogens (tertiary/aromatic N) is 3. The average Bonchev–Trinajstić information content (AvgIpc) is 3.38. The minimum atomic E-state index is -0.0359. The molecule has 1 atom stereocenters. The Morgan fingerprint density at radius 2 is 2.14 bits per heavy atom. The van der Waals surface area contributed by atoms with E-state index in [1.165, 1.54) is 17.5 Å². The monoisotopic (exact) mass is 378 g/mol. The van der Waals surface area contributed by atoms with Gasteiger partial charge in [0.2, 0.25) is 0 Å². The van der Waals surface area contributed by atoms with Crippen LogP contribution in [0.4, 0.5) is 0 Å². The topological polar surface area (TPSA) is 75.0 Å². The molecule has 1 N–H and O–H groups in total. The van der Waals surface area contributed by atoms with Gasteiger partial charge in [-0.15, -0.1) is 0 Å². The van der Waals surface area contributed by atoms with E-state index in [0.29, 0.717) is 18.0 Å². The molecule has 4 rings (SSSR count). The van der Waals surface area contributed by atoms with Gasteiger partial charge in [0.05, 0.1) is 6.20 Å². The third-order valence-electron chi connectivity index (χ3n) is 5.43. The maximum Gasteiger partial charge on any atom is 0.276 e. The van der Waals surface area contributed by atoms with E-state index in [9.17, 15) is 4.79 Å². The number of benzene rings is 1. The number of likely N-dealkylation sites (tertiary alicyclic amines) is 1. The summed E-state index contributed by atoms with van der Waals surface area (Å²) in [5.74, 6) is 1.02. The molecular formula is C22H26N4O2. The first-order valence-corrected chi connectivity index (χ1v) is 9.92. The number of carbonyl (C=O) groups excluding carboxylic acids is 1. The number of hydrogen-bond donors (Lipinski definition) is 1. The summed E-state index contributed by atoms with van der Waals surface area (Å²) in [5.41, 5.74) is 4.06. The van der Waals surface area contributed by atoms with Crippen LogP contribution in [0.25, 0.3) is 0 Å². The van der Waals surface area contributed by atoms with Crippen LogP contribution in [-0.2, 0) is 6.42 Å². The Kier molecular flexibility index (Phi) is 5.28. The first kappa shape index (κ1) is 18.5. The van der Waals surface area contributed by atoms with E-state index in [2.05, 4.69) is 39.4 Å². The Labute approximate surface area is 165 Å². The summed E-state index contributed by atoms with van der Waals surface area (Å²) in [4.78, 5) is 19.2. The van der Waals surface area contributed by atoms with Gasteiger partial charge in [-0.1, -0.05) is 44.2 Å². The highest BCUT2D eigenvalue weighted by Crippen LogP contribution is 2.30. The second-order valence-corrected chi connectivity index (χ2v) is 7.78. The van der Waals surface area contributed by atoms with Crippen molar-refractivity contribution in [1.82, 2.24) is 20.1 Å². The normalized spacial score (nSPS) is 17.2. The van der Waals surface area contributed by atoms with Crippen LogP contribution < -0.4 is 0 Å². The van der Waals surface area contributed by atoms with Crippen molar-refractivity contribution in [2.24, 2.45) is 0 Å². The largest absolute Gasteiger partial charge is 0.447 e. The van der Waals surface area contributed by atoms with Crippen molar-refractivity contribution in [1.29, 1.82) is 0 Å². The molecule has 0 aliphatic carbocycles. The average molecular weight is 378 g/mol. The number of nitrogens with one attached hydrogen (secondary N) is 1. The van der Waals surface area contributed by atoms with Gasteiger partial charge in [0, 0.05) is 37.0 Å². The molecule has 1 unspecified atom stereocenters. The number of H-pyrrole nitrogens is 1. The molecule has 1 amide bonds. The molecule has 1 aliphatic heterocycles. The Morgan fingerprint density at radius 1 is 1.32 bits per heavy atom. The highest BCUT2D eigenvalue weighted by atomic mass is 16.3. The van der Waals surface area contributed by atoms with Gasteiger partial charge in [-0.05, 0) is 24.0 Å². The zero-order valence-corrected chi connectivity index (χ0v) is 16.4. The maximum absolute atomic E-state index is 13.1. The Morgan fingerprint density at radius 3 is 2.93 bits per heavy atom. The molecule has 28 heavy (non-hydrogen) atoms. The fraction of sp³-hybridized carbons (Fsp3) is 0.409. The lowest BCUT2D eigenvalue weighted by molar-refractivity contribution is 0.0697. The first-order chi connectivity index (χ1) is 13.6. The summed E-state index contributed by atoms with van der Waals surface area (Å²) in [5, 5.41) is 7.49. The lowest BCUT2D eigenvalue weighted by atomic mass is 9.90. The Hall–Kier alpha value is -2.89. The van der Waals surface area contributed by atoms with Crippen LogP contribution in [-0.4, -0.2) is 39.1 Å². The van der Waals surface area contributed by atoms with Crippen molar-refractivity contribution >= 4 is 5.91 Å². The minimum Gasteiger partial charge on any atom is -0.447 e. The number of hydrogen-bond acceptors (Lipinski definition) is 4. The van der Waals surface area contributed by atoms with Crippen molar-refractivity contribution in [3.63, 3.8) is 0 Å². The molecule has 0 bridgehead atoms. The van der Waals surface area contributed by atoms with Crippen molar-refractivity contribution < 1.29 is 9.21 Å². The number of amides is 1. The number of rotatable bonds is 5. The summed E-state index contributed by atoms with van der Waals surface area (Å²) in [6.45, 7) is 5.45. The van der Waals surface area contributed by atoms with Crippen LogP contribution in [0.2, 0.25) is 0 Å². The predicted octanol–water partition coefficient (Wildman–Crippen LogP) is 4.13. The van der Waals surface area contributed by atoms with Crippen LogP contribution in [0, 0.1) is 0 Å². The van der Waals surface area contributed by atoms with Gasteiger partial charge < -0.3 is 9.32 Å². The van der Waals surface area contributed by atoms with Gasteiger partial charge in [-0.25, -0.2) is 4.98 Å². The summed E-state index contributed by atoms with van der Waals surface area (Å²) >= 11 is 0. The first-order valence-electron chi connectivity index (χ1n) is 9.92. The third kappa shape index (κ3) is 3.72. The molecule has 1 saturated heterocycles. The summed E-state index contributed by atoms with van der Waals surface area (Å²) in [7, 11) is 0. The SMILES string of the molecule is CC(C)c1ocnc1C(=O)N1CCCC(c2[nH]ncc2Cc2ccccc2)C1.